The van der Waals surface area contributed by atoms with Gasteiger partial charge in [0.05, 0.1) is 25.5 Å². The van der Waals surface area contributed by atoms with Gasteiger partial charge in [-0.15, -0.1) is 0 Å². The zero-order valence-electron chi connectivity index (χ0n) is 16.5. The number of fused-ring (bicyclic) bond motifs is 1. The van der Waals surface area contributed by atoms with Crippen molar-refractivity contribution < 1.29 is 36.6 Å². The SMILES string of the molecule is COC(=O)COc1ccc(NS(=O)(=O)c2ccc(C(=O)OC)cc2F)c2ccccc12. The monoisotopic (exact) mass is 447 g/mol. The summed E-state index contributed by atoms with van der Waals surface area (Å²) in [5.74, 6) is -2.11. The average Bonchev–Trinajstić information content (AvgIpc) is 2.77. The number of hydrogen-bond donors (Lipinski definition) is 1. The van der Waals surface area contributed by atoms with Crippen molar-refractivity contribution in [3.05, 3.63) is 66.0 Å². The minimum atomic E-state index is -4.32. The Morgan fingerprint density at radius 1 is 0.968 bits per heavy atom. The molecule has 31 heavy (non-hydrogen) atoms. The van der Waals surface area contributed by atoms with Gasteiger partial charge in [0.1, 0.15) is 16.5 Å². The molecule has 1 N–H and O–H groups in total. The van der Waals surface area contributed by atoms with Crippen LogP contribution in [-0.2, 0) is 24.3 Å². The topological polar surface area (TPSA) is 108 Å². The number of esters is 2. The molecule has 0 aliphatic rings. The zero-order valence-corrected chi connectivity index (χ0v) is 17.4. The molecule has 0 amide bonds. The molecule has 3 aromatic rings. The summed E-state index contributed by atoms with van der Waals surface area (Å²) < 4.78 is 56.9. The number of benzene rings is 3. The van der Waals surface area contributed by atoms with E-state index in [0.29, 0.717) is 16.5 Å². The zero-order chi connectivity index (χ0) is 22.6. The third kappa shape index (κ3) is 4.75. The summed E-state index contributed by atoms with van der Waals surface area (Å²) in [5.41, 5.74) is 0.0639. The van der Waals surface area contributed by atoms with E-state index in [4.69, 9.17) is 4.74 Å². The second-order valence-electron chi connectivity index (χ2n) is 6.26. The van der Waals surface area contributed by atoms with Crippen LogP contribution in [0.2, 0.25) is 0 Å². The highest BCUT2D eigenvalue weighted by atomic mass is 32.2. The van der Waals surface area contributed by atoms with Crippen molar-refractivity contribution in [2.45, 2.75) is 4.90 Å². The number of anilines is 1. The van der Waals surface area contributed by atoms with E-state index in [1.165, 1.54) is 19.2 Å². The van der Waals surface area contributed by atoms with Crippen LogP contribution in [0.4, 0.5) is 10.1 Å². The fourth-order valence-corrected chi connectivity index (χ4v) is 3.99. The van der Waals surface area contributed by atoms with Gasteiger partial charge in [0.2, 0.25) is 0 Å². The number of methoxy groups -OCH3 is 2. The standard InChI is InChI=1S/C21H18FNO7S/c1-28-20(24)12-30-18-9-8-17(14-5-3-4-6-15(14)18)23-31(26,27)19-10-7-13(11-16(19)22)21(25)29-2/h3-11,23H,12H2,1-2H3. The largest absolute Gasteiger partial charge is 0.481 e. The lowest BCUT2D eigenvalue weighted by Gasteiger charge is -2.14. The molecule has 0 saturated carbocycles. The van der Waals surface area contributed by atoms with Crippen LogP contribution in [0.5, 0.6) is 5.75 Å². The maximum atomic E-state index is 14.4. The lowest BCUT2D eigenvalue weighted by atomic mass is 10.1. The van der Waals surface area contributed by atoms with E-state index in [2.05, 4.69) is 14.2 Å². The molecule has 0 aliphatic heterocycles. The van der Waals surface area contributed by atoms with Crippen LogP contribution in [0.15, 0.2) is 59.5 Å². The smallest absolute Gasteiger partial charge is 0.343 e. The van der Waals surface area contributed by atoms with Gasteiger partial charge in [-0.25, -0.2) is 22.4 Å². The van der Waals surface area contributed by atoms with Crippen molar-refractivity contribution >= 4 is 38.4 Å². The van der Waals surface area contributed by atoms with E-state index in [1.807, 2.05) is 0 Å². The molecule has 0 atom stereocenters. The third-order valence-electron chi connectivity index (χ3n) is 4.34. The molecular formula is C21H18FNO7S. The quantitative estimate of drug-likeness (QED) is 0.555. The lowest BCUT2D eigenvalue weighted by molar-refractivity contribution is -0.142. The Morgan fingerprint density at radius 2 is 1.68 bits per heavy atom. The predicted octanol–water partition coefficient (Wildman–Crippen LogP) is 3.12. The molecule has 0 fully saturated rings. The number of carbonyl (C=O) groups excluding carboxylic acids is 2. The van der Waals surface area contributed by atoms with Crippen LogP contribution in [0.1, 0.15) is 10.4 Å². The highest BCUT2D eigenvalue weighted by Crippen LogP contribution is 2.33. The number of halogens is 1. The Bertz CT molecular complexity index is 1260. The van der Waals surface area contributed by atoms with Crippen LogP contribution in [0.3, 0.4) is 0 Å². The molecule has 0 radical (unpaired) electrons. The molecule has 0 saturated heterocycles. The Hall–Kier alpha value is -3.66. The second-order valence-corrected chi connectivity index (χ2v) is 7.91. The van der Waals surface area contributed by atoms with Crippen molar-refractivity contribution in [2.75, 3.05) is 25.5 Å². The highest BCUT2D eigenvalue weighted by Gasteiger charge is 2.22. The van der Waals surface area contributed by atoms with Gasteiger partial charge in [0.25, 0.3) is 10.0 Å². The summed E-state index contributed by atoms with van der Waals surface area (Å²) in [4.78, 5) is 22.2. The summed E-state index contributed by atoms with van der Waals surface area (Å²) in [6, 6.07) is 12.6. The van der Waals surface area contributed by atoms with E-state index in [-0.39, 0.29) is 17.9 Å². The normalized spacial score (nSPS) is 11.1. The lowest BCUT2D eigenvalue weighted by Crippen LogP contribution is -2.16. The van der Waals surface area contributed by atoms with E-state index in [0.717, 1.165) is 25.3 Å². The fraction of sp³-hybridized carbons (Fsp3) is 0.143. The number of nitrogens with one attached hydrogen (secondary N) is 1. The number of carbonyl (C=O) groups is 2. The van der Waals surface area contributed by atoms with Crippen molar-refractivity contribution in [3.8, 4) is 5.75 Å². The van der Waals surface area contributed by atoms with E-state index in [9.17, 15) is 22.4 Å². The number of ether oxygens (including phenoxy) is 3. The molecule has 162 valence electrons. The first-order valence-corrected chi connectivity index (χ1v) is 10.4. The summed E-state index contributed by atoms with van der Waals surface area (Å²) in [5, 5.41) is 1.01. The minimum Gasteiger partial charge on any atom is -0.481 e. The van der Waals surface area contributed by atoms with Crippen LogP contribution in [-0.4, -0.2) is 41.2 Å². The van der Waals surface area contributed by atoms with Gasteiger partial charge in [-0.3, -0.25) is 4.72 Å². The Labute approximate surface area is 177 Å². The molecule has 0 aromatic heterocycles. The first-order chi connectivity index (χ1) is 14.8. The summed E-state index contributed by atoms with van der Waals surface area (Å²) in [6.07, 6.45) is 0. The third-order valence-corrected chi connectivity index (χ3v) is 5.74. The molecule has 0 bridgehead atoms. The molecule has 0 unspecified atom stereocenters. The summed E-state index contributed by atoms with van der Waals surface area (Å²) in [6.45, 7) is -0.316. The van der Waals surface area contributed by atoms with Gasteiger partial charge >= 0.3 is 11.9 Å². The Kier molecular flexibility index (Phi) is 6.40. The average molecular weight is 447 g/mol. The van der Waals surface area contributed by atoms with Crippen LogP contribution < -0.4 is 9.46 Å². The molecule has 10 heteroatoms. The number of sulfonamides is 1. The molecule has 8 nitrogen and oxygen atoms in total. The molecule has 0 aliphatic carbocycles. The summed E-state index contributed by atoms with van der Waals surface area (Å²) in [7, 11) is -1.95. The first kappa shape index (κ1) is 22.0. The van der Waals surface area contributed by atoms with Gasteiger partial charge in [-0.05, 0) is 30.3 Å². The summed E-state index contributed by atoms with van der Waals surface area (Å²) >= 11 is 0. The Morgan fingerprint density at radius 3 is 2.32 bits per heavy atom. The minimum absolute atomic E-state index is 0.114. The van der Waals surface area contributed by atoms with Crippen molar-refractivity contribution in [3.63, 3.8) is 0 Å². The second kappa shape index (κ2) is 9.00. The molecule has 0 heterocycles. The number of hydrogen-bond acceptors (Lipinski definition) is 7. The molecule has 3 rings (SSSR count). The molecule has 3 aromatic carbocycles. The highest BCUT2D eigenvalue weighted by molar-refractivity contribution is 7.92. The molecular weight excluding hydrogens is 429 g/mol. The maximum Gasteiger partial charge on any atom is 0.343 e. The van der Waals surface area contributed by atoms with E-state index in [1.54, 1.807) is 24.3 Å². The van der Waals surface area contributed by atoms with Crippen molar-refractivity contribution in [1.29, 1.82) is 0 Å². The maximum absolute atomic E-state index is 14.4. The van der Waals surface area contributed by atoms with Gasteiger partial charge < -0.3 is 14.2 Å². The van der Waals surface area contributed by atoms with Gasteiger partial charge in [-0.2, -0.15) is 0 Å². The van der Waals surface area contributed by atoms with Gasteiger partial charge in [-0.1, -0.05) is 24.3 Å². The first-order valence-electron chi connectivity index (χ1n) is 8.89. The van der Waals surface area contributed by atoms with Crippen molar-refractivity contribution in [1.82, 2.24) is 0 Å². The van der Waals surface area contributed by atoms with E-state index >= 15 is 0 Å². The molecule has 0 spiro atoms. The van der Waals surface area contributed by atoms with Crippen LogP contribution in [0.25, 0.3) is 10.8 Å². The van der Waals surface area contributed by atoms with Gasteiger partial charge in [0, 0.05) is 10.8 Å². The fourth-order valence-electron chi connectivity index (χ4n) is 2.85. The van der Waals surface area contributed by atoms with Crippen molar-refractivity contribution in [2.24, 2.45) is 0 Å². The van der Waals surface area contributed by atoms with Crippen LogP contribution >= 0.6 is 0 Å². The Balaban J connectivity index is 1.96. The predicted molar refractivity (Wildman–Crippen MR) is 110 cm³/mol. The number of rotatable bonds is 7. The van der Waals surface area contributed by atoms with Crippen LogP contribution in [0, 0.1) is 5.82 Å². The van der Waals surface area contributed by atoms with Gasteiger partial charge in [0.15, 0.2) is 6.61 Å². The van der Waals surface area contributed by atoms with E-state index < -0.39 is 32.7 Å².